The van der Waals surface area contributed by atoms with Gasteiger partial charge in [0, 0.05) is 10.0 Å². The molecule has 100 valence electrons. The van der Waals surface area contributed by atoms with Crippen LogP contribution in [0.4, 0.5) is 0 Å². The Labute approximate surface area is 120 Å². The van der Waals surface area contributed by atoms with Crippen molar-refractivity contribution in [2.24, 2.45) is 17.6 Å². The third kappa shape index (κ3) is 3.40. The van der Waals surface area contributed by atoms with Gasteiger partial charge in [-0.25, -0.2) is 0 Å². The quantitative estimate of drug-likeness (QED) is 0.801. The fraction of sp³-hybridized carbons (Fsp3) is 0.600. The molecule has 0 spiro atoms. The predicted molar refractivity (Wildman–Crippen MR) is 79.3 cm³/mol. The van der Waals surface area contributed by atoms with E-state index < -0.39 is 0 Å². The average molecular weight is 286 g/mol. The Morgan fingerprint density at radius 1 is 1.00 bits per heavy atom. The highest BCUT2D eigenvalue weighted by Gasteiger charge is 2.24. The summed E-state index contributed by atoms with van der Waals surface area (Å²) in [6.07, 6.45) is 7.44. The van der Waals surface area contributed by atoms with E-state index in [1.54, 1.807) is 0 Å². The summed E-state index contributed by atoms with van der Waals surface area (Å²) in [4.78, 5) is 0. The summed E-state index contributed by atoms with van der Waals surface area (Å²) in [5.74, 6) is 1.26. The first-order valence-corrected chi connectivity index (χ1v) is 7.61. The molecule has 1 saturated carbocycles. The minimum Gasteiger partial charge on any atom is -0.330 e. The Morgan fingerprint density at radius 3 is 2.22 bits per heavy atom. The normalized spacial score (nSPS) is 24.8. The maximum Gasteiger partial charge on any atom is 0.0452 e. The second-order valence-electron chi connectivity index (χ2n) is 5.30. The van der Waals surface area contributed by atoms with Gasteiger partial charge in [-0.15, -0.1) is 0 Å². The zero-order valence-electron chi connectivity index (χ0n) is 10.7. The van der Waals surface area contributed by atoms with Gasteiger partial charge in [-0.3, -0.25) is 0 Å². The highest BCUT2D eigenvalue weighted by Crippen LogP contribution is 2.34. The first kappa shape index (κ1) is 14.2. The molecule has 1 aliphatic carbocycles. The standard InChI is InChI=1S/C15H21Cl2N/c16-14-7-4-8-15(17)13(14)9-11-5-2-1-3-6-12(11)10-18/h4,7-8,11-12H,1-3,5-6,9-10,18H2. The number of halogens is 2. The Kier molecular flexibility index (Phi) is 5.35. The van der Waals surface area contributed by atoms with Crippen LogP contribution >= 0.6 is 23.2 Å². The second kappa shape index (κ2) is 6.79. The van der Waals surface area contributed by atoms with Gasteiger partial charge in [-0.2, -0.15) is 0 Å². The van der Waals surface area contributed by atoms with Gasteiger partial charge in [-0.1, -0.05) is 48.5 Å². The van der Waals surface area contributed by atoms with E-state index in [-0.39, 0.29) is 0 Å². The summed E-state index contributed by atoms with van der Waals surface area (Å²) in [5.41, 5.74) is 7.03. The van der Waals surface area contributed by atoms with Gasteiger partial charge in [0.1, 0.15) is 0 Å². The lowest BCUT2D eigenvalue weighted by molar-refractivity contribution is 0.318. The molecule has 1 aromatic carbocycles. The van der Waals surface area contributed by atoms with Crippen LogP contribution in [-0.2, 0) is 6.42 Å². The van der Waals surface area contributed by atoms with Gasteiger partial charge in [0.05, 0.1) is 0 Å². The molecular weight excluding hydrogens is 265 g/mol. The smallest absolute Gasteiger partial charge is 0.0452 e. The van der Waals surface area contributed by atoms with Crippen LogP contribution in [0.2, 0.25) is 10.0 Å². The van der Waals surface area contributed by atoms with Crippen molar-refractivity contribution in [2.45, 2.75) is 38.5 Å². The number of hydrogen-bond donors (Lipinski definition) is 1. The minimum atomic E-state index is 0.625. The molecule has 0 saturated heterocycles. The second-order valence-corrected chi connectivity index (χ2v) is 6.11. The van der Waals surface area contributed by atoms with Gasteiger partial charge >= 0.3 is 0 Å². The van der Waals surface area contributed by atoms with E-state index in [9.17, 15) is 0 Å². The van der Waals surface area contributed by atoms with Crippen LogP contribution in [0.3, 0.4) is 0 Å². The van der Waals surface area contributed by atoms with E-state index in [1.807, 2.05) is 18.2 Å². The van der Waals surface area contributed by atoms with Gasteiger partial charge in [0.15, 0.2) is 0 Å². The summed E-state index contributed by atoms with van der Waals surface area (Å²) in [7, 11) is 0. The molecule has 1 aromatic rings. The number of hydrogen-bond acceptors (Lipinski definition) is 1. The molecule has 2 rings (SSSR count). The van der Waals surface area contributed by atoms with Gasteiger partial charge < -0.3 is 5.73 Å². The Morgan fingerprint density at radius 2 is 1.61 bits per heavy atom. The fourth-order valence-electron chi connectivity index (χ4n) is 3.03. The summed E-state index contributed by atoms with van der Waals surface area (Å²) in [5, 5.41) is 1.59. The zero-order valence-corrected chi connectivity index (χ0v) is 12.2. The highest BCUT2D eigenvalue weighted by molar-refractivity contribution is 6.35. The topological polar surface area (TPSA) is 26.0 Å². The van der Waals surface area contributed by atoms with Crippen LogP contribution in [0.5, 0.6) is 0 Å². The van der Waals surface area contributed by atoms with Crippen LogP contribution in [0, 0.1) is 11.8 Å². The molecule has 2 N–H and O–H groups in total. The molecule has 3 heteroatoms. The lowest BCUT2D eigenvalue weighted by Crippen LogP contribution is -2.24. The lowest BCUT2D eigenvalue weighted by Gasteiger charge is -2.24. The summed E-state index contributed by atoms with van der Waals surface area (Å²) >= 11 is 12.5. The van der Waals surface area contributed by atoms with Crippen LogP contribution in [0.1, 0.15) is 37.7 Å². The summed E-state index contributed by atoms with van der Waals surface area (Å²) < 4.78 is 0. The molecule has 2 atom stereocenters. The van der Waals surface area contributed by atoms with Crippen LogP contribution in [-0.4, -0.2) is 6.54 Å². The first-order valence-electron chi connectivity index (χ1n) is 6.85. The van der Waals surface area contributed by atoms with Crippen molar-refractivity contribution in [3.63, 3.8) is 0 Å². The molecule has 0 aliphatic heterocycles. The summed E-state index contributed by atoms with van der Waals surface area (Å²) in [6.45, 7) is 0.784. The molecule has 18 heavy (non-hydrogen) atoms. The molecule has 0 heterocycles. The Hall–Kier alpha value is -0.240. The average Bonchev–Trinajstić information content (AvgIpc) is 2.59. The van der Waals surface area contributed by atoms with Crippen LogP contribution in [0.15, 0.2) is 18.2 Å². The lowest BCUT2D eigenvalue weighted by atomic mass is 9.83. The van der Waals surface area contributed by atoms with Gasteiger partial charge in [-0.05, 0) is 55.3 Å². The van der Waals surface area contributed by atoms with Crippen molar-refractivity contribution in [2.75, 3.05) is 6.54 Å². The third-order valence-corrected chi connectivity index (χ3v) is 4.86. The van der Waals surface area contributed by atoms with E-state index in [4.69, 9.17) is 28.9 Å². The molecular formula is C15H21Cl2N. The molecule has 0 amide bonds. The molecule has 1 fully saturated rings. The van der Waals surface area contributed by atoms with Gasteiger partial charge in [0.25, 0.3) is 0 Å². The van der Waals surface area contributed by atoms with Crippen molar-refractivity contribution < 1.29 is 0 Å². The molecule has 1 nitrogen and oxygen atoms in total. The van der Waals surface area contributed by atoms with Crippen molar-refractivity contribution in [1.29, 1.82) is 0 Å². The van der Waals surface area contributed by atoms with Crippen molar-refractivity contribution in [3.8, 4) is 0 Å². The molecule has 1 aliphatic rings. The molecule has 0 aromatic heterocycles. The van der Waals surface area contributed by atoms with Crippen LogP contribution in [0.25, 0.3) is 0 Å². The minimum absolute atomic E-state index is 0.625. The highest BCUT2D eigenvalue weighted by atomic mass is 35.5. The van der Waals surface area contributed by atoms with Crippen molar-refractivity contribution in [3.05, 3.63) is 33.8 Å². The van der Waals surface area contributed by atoms with E-state index in [0.717, 1.165) is 28.6 Å². The first-order chi connectivity index (χ1) is 8.72. The maximum atomic E-state index is 6.26. The monoisotopic (exact) mass is 285 g/mol. The van der Waals surface area contributed by atoms with E-state index in [2.05, 4.69) is 0 Å². The fourth-order valence-corrected chi connectivity index (χ4v) is 3.58. The molecule has 0 radical (unpaired) electrons. The summed E-state index contributed by atoms with van der Waals surface area (Å²) in [6, 6.07) is 5.76. The van der Waals surface area contributed by atoms with E-state index in [0.29, 0.717) is 11.8 Å². The van der Waals surface area contributed by atoms with E-state index in [1.165, 1.54) is 32.1 Å². The number of nitrogens with two attached hydrogens (primary N) is 1. The molecule has 2 unspecified atom stereocenters. The number of benzene rings is 1. The van der Waals surface area contributed by atoms with Crippen molar-refractivity contribution in [1.82, 2.24) is 0 Å². The number of rotatable bonds is 3. The largest absolute Gasteiger partial charge is 0.330 e. The molecule has 0 bridgehead atoms. The zero-order chi connectivity index (χ0) is 13.0. The third-order valence-electron chi connectivity index (χ3n) is 4.15. The van der Waals surface area contributed by atoms with E-state index >= 15 is 0 Å². The maximum absolute atomic E-state index is 6.26. The SMILES string of the molecule is NCC1CCCCCC1Cc1c(Cl)cccc1Cl. The van der Waals surface area contributed by atoms with Crippen LogP contribution < -0.4 is 5.73 Å². The van der Waals surface area contributed by atoms with Gasteiger partial charge in [0.2, 0.25) is 0 Å². The Bertz CT molecular complexity index is 372. The predicted octanol–water partition coefficient (Wildman–Crippen LogP) is 4.69. The van der Waals surface area contributed by atoms with Crippen molar-refractivity contribution >= 4 is 23.2 Å². The Balaban J connectivity index is 2.15.